The van der Waals surface area contributed by atoms with Gasteiger partial charge in [-0.2, -0.15) is 0 Å². The third-order valence-electron chi connectivity index (χ3n) is 5.63. The summed E-state index contributed by atoms with van der Waals surface area (Å²) < 4.78 is 0. The van der Waals surface area contributed by atoms with Crippen LogP contribution in [0.2, 0.25) is 0 Å². The van der Waals surface area contributed by atoms with Crippen molar-refractivity contribution in [2.24, 2.45) is 16.6 Å². The highest BCUT2D eigenvalue weighted by Gasteiger charge is 2.24. The number of nitrogens with zero attached hydrogens (tertiary/aromatic N) is 2. The first-order valence-corrected chi connectivity index (χ1v) is 10.6. The van der Waals surface area contributed by atoms with E-state index in [-0.39, 0.29) is 0 Å². The zero-order chi connectivity index (χ0) is 18.8. The molecule has 5 heteroatoms. The molecule has 1 saturated carbocycles. The number of aromatic nitrogens is 1. The number of nitrogens with one attached hydrogen (secondary N) is 1. The van der Waals surface area contributed by atoms with E-state index in [4.69, 9.17) is 5.73 Å². The number of nitrogens with two attached hydrogens (primary N) is 1. The van der Waals surface area contributed by atoms with E-state index in [1.54, 1.807) is 11.3 Å². The van der Waals surface area contributed by atoms with Crippen LogP contribution in [-0.2, 0) is 0 Å². The first-order chi connectivity index (χ1) is 13.1. The van der Waals surface area contributed by atoms with Crippen molar-refractivity contribution < 1.29 is 0 Å². The zero-order valence-corrected chi connectivity index (χ0v) is 16.9. The molecular weight excluding hydrogens is 352 g/mol. The van der Waals surface area contributed by atoms with Gasteiger partial charge in [-0.25, -0.2) is 4.99 Å². The maximum atomic E-state index is 6.18. The van der Waals surface area contributed by atoms with Crippen molar-refractivity contribution in [3.63, 3.8) is 0 Å². The van der Waals surface area contributed by atoms with Gasteiger partial charge in [-0.3, -0.25) is 0 Å². The SMILES string of the molecule is CN(C)CC1CCC(c2c[nH]c3ccc(N=C(N)c4cccs4)cc23)CC1. The van der Waals surface area contributed by atoms with Gasteiger partial charge in [-0.1, -0.05) is 6.07 Å². The van der Waals surface area contributed by atoms with E-state index in [2.05, 4.69) is 47.3 Å². The van der Waals surface area contributed by atoms with Gasteiger partial charge in [0, 0.05) is 23.6 Å². The van der Waals surface area contributed by atoms with Crippen molar-refractivity contribution in [3.8, 4) is 0 Å². The minimum absolute atomic E-state index is 0.589. The lowest BCUT2D eigenvalue weighted by atomic mass is 9.78. The highest BCUT2D eigenvalue weighted by atomic mass is 32.1. The Balaban J connectivity index is 1.55. The molecule has 1 aliphatic rings. The first-order valence-electron chi connectivity index (χ1n) is 9.74. The molecule has 0 bridgehead atoms. The second-order valence-corrected chi connectivity index (χ2v) is 8.88. The van der Waals surface area contributed by atoms with Crippen LogP contribution < -0.4 is 5.73 Å². The Kier molecular flexibility index (Phi) is 5.32. The Bertz CT molecular complexity index is 915. The topological polar surface area (TPSA) is 57.4 Å². The van der Waals surface area contributed by atoms with Gasteiger partial charge < -0.3 is 15.6 Å². The smallest absolute Gasteiger partial charge is 0.141 e. The fourth-order valence-corrected chi connectivity index (χ4v) is 4.96. The number of amidine groups is 1. The molecule has 0 radical (unpaired) electrons. The van der Waals surface area contributed by atoms with Crippen LogP contribution in [0.1, 0.15) is 42.0 Å². The number of H-pyrrole nitrogens is 1. The van der Waals surface area contributed by atoms with Crippen molar-refractivity contribution in [1.82, 2.24) is 9.88 Å². The second-order valence-electron chi connectivity index (χ2n) is 7.93. The minimum Gasteiger partial charge on any atom is -0.383 e. The molecule has 1 aliphatic carbocycles. The number of thiophene rings is 1. The summed E-state index contributed by atoms with van der Waals surface area (Å²) in [5.74, 6) is 2.07. The van der Waals surface area contributed by atoms with E-state index < -0.39 is 0 Å². The standard InChI is InChI=1S/C22H28N4S/c1-26(2)14-15-5-7-16(8-6-15)19-13-24-20-10-9-17(12-18(19)20)25-22(23)21-4-3-11-27-21/h3-4,9-13,15-16,24H,5-8,14H2,1-2H3,(H2,23,25). The van der Waals surface area contributed by atoms with Crippen LogP contribution in [-0.4, -0.2) is 36.4 Å². The second kappa shape index (κ2) is 7.87. The van der Waals surface area contributed by atoms with Gasteiger partial charge in [-0.05, 0) is 86.8 Å². The summed E-state index contributed by atoms with van der Waals surface area (Å²) >= 11 is 1.62. The van der Waals surface area contributed by atoms with E-state index >= 15 is 0 Å². The molecule has 0 aliphatic heterocycles. The minimum atomic E-state index is 0.589. The number of fused-ring (bicyclic) bond motifs is 1. The molecule has 0 spiro atoms. The fraction of sp³-hybridized carbons (Fsp3) is 0.409. The molecule has 27 heavy (non-hydrogen) atoms. The average molecular weight is 381 g/mol. The molecule has 2 aromatic heterocycles. The number of aliphatic imine (C=N–C) groups is 1. The van der Waals surface area contributed by atoms with Gasteiger partial charge in [0.25, 0.3) is 0 Å². The molecule has 1 fully saturated rings. The molecule has 142 valence electrons. The summed E-state index contributed by atoms with van der Waals surface area (Å²) in [5.41, 5.74) is 9.74. The largest absolute Gasteiger partial charge is 0.383 e. The van der Waals surface area contributed by atoms with Gasteiger partial charge in [0.15, 0.2) is 0 Å². The lowest BCUT2D eigenvalue weighted by molar-refractivity contribution is 0.250. The summed E-state index contributed by atoms with van der Waals surface area (Å²) in [4.78, 5) is 11.4. The first kappa shape index (κ1) is 18.3. The Morgan fingerprint density at radius 3 is 2.74 bits per heavy atom. The molecular formula is C22H28N4S. The monoisotopic (exact) mass is 380 g/mol. The molecule has 0 saturated heterocycles. The van der Waals surface area contributed by atoms with E-state index in [1.807, 2.05) is 23.6 Å². The maximum Gasteiger partial charge on any atom is 0.141 e. The molecule has 1 aromatic carbocycles. The van der Waals surface area contributed by atoms with Gasteiger partial charge >= 0.3 is 0 Å². The predicted molar refractivity (Wildman–Crippen MR) is 116 cm³/mol. The molecule has 4 rings (SSSR count). The third kappa shape index (κ3) is 4.09. The average Bonchev–Trinajstić information content (AvgIpc) is 3.32. The third-order valence-corrected chi connectivity index (χ3v) is 6.52. The van der Waals surface area contributed by atoms with E-state index in [0.29, 0.717) is 11.8 Å². The van der Waals surface area contributed by atoms with Crippen LogP contribution in [0.4, 0.5) is 5.69 Å². The predicted octanol–water partition coefficient (Wildman–Crippen LogP) is 5.10. The van der Waals surface area contributed by atoms with Crippen molar-refractivity contribution >= 4 is 33.8 Å². The quantitative estimate of drug-likeness (QED) is 0.478. The van der Waals surface area contributed by atoms with Crippen LogP contribution in [0.25, 0.3) is 10.9 Å². The maximum absolute atomic E-state index is 6.18. The van der Waals surface area contributed by atoms with Crippen LogP contribution in [0.5, 0.6) is 0 Å². The van der Waals surface area contributed by atoms with Gasteiger partial charge in [0.1, 0.15) is 5.84 Å². The van der Waals surface area contributed by atoms with Gasteiger partial charge in [0.05, 0.1) is 10.6 Å². The summed E-state index contributed by atoms with van der Waals surface area (Å²) in [5, 5.41) is 3.32. The van der Waals surface area contributed by atoms with Crippen LogP contribution in [0.15, 0.2) is 46.9 Å². The van der Waals surface area contributed by atoms with Crippen LogP contribution in [0.3, 0.4) is 0 Å². The normalized spacial score (nSPS) is 21.2. The summed E-state index contributed by atoms with van der Waals surface area (Å²) in [7, 11) is 4.35. The summed E-state index contributed by atoms with van der Waals surface area (Å²) in [6.07, 6.45) is 7.39. The Morgan fingerprint density at radius 1 is 1.22 bits per heavy atom. The van der Waals surface area contributed by atoms with Crippen LogP contribution in [0, 0.1) is 5.92 Å². The summed E-state index contributed by atoms with van der Waals surface area (Å²) in [6.45, 7) is 1.21. The molecule has 4 nitrogen and oxygen atoms in total. The molecule has 2 heterocycles. The molecule has 0 amide bonds. The number of hydrogen-bond donors (Lipinski definition) is 2. The number of benzene rings is 1. The number of hydrogen-bond acceptors (Lipinski definition) is 3. The Labute approximate surface area is 165 Å². The van der Waals surface area contributed by atoms with E-state index in [9.17, 15) is 0 Å². The molecule has 0 atom stereocenters. The molecule has 0 unspecified atom stereocenters. The number of rotatable bonds is 5. The van der Waals surface area contributed by atoms with Gasteiger partial charge in [0.2, 0.25) is 0 Å². The Morgan fingerprint density at radius 2 is 2.04 bits per heavy atom. The lowest BCUT2D eigenvalue weighted by Gasteiger charge is -2.30. The van der Waals surface area contributed by atoms with Crippen molar-refractivity contribution in [2.75, 3.05) is 20.6 Å². The highest BCUT2D eigenvalue weighted by Crippen LogP contribution is 2.39. The number of aromatic amines is 1. The van der Waals surface area contributed by atoms with Crippen molar-refractivity contribution in [2.45, 2.75) is 31.6 Å². The van der Waals surface area contributed by atoms with Crippen molar-refractivity contribution in [3.05, 3.63) is 52.3 Å². The molecule has 3 aromatic rings. The van der Waals surface area contributed by atoms with E-state index in [1.165, 1.54) is 48.7 Å². The fourth-order valence-electron chi connectivity index (χ4n) is 4.33. The van der Waals surface area contributed by atoms with Crippen LogP contribution >= 0.6 is 11.3 Å². The highest BCUT2D eigenvalue weighted by molar-refractivity contribution is 7.12. The van der Waals surface area contributed by atoms with Crippen molar-refractivity contribution in [1.29, 1.82) is 0 Å². The summed E-state index contributed by atoms with van der Waals surface area (Å²) in [6, 6.07) is 10.4. The van der Waals surface area contributed by atoms with Gasteiger partial charge in [-0.15, -0.1) is 11.3 Å². The Hall–Kier alpha value is -2.11. The zero-order valence-electron chi connectivity index (χ0n) is 16.1. The lowest BCUT2D eigenvalue weighted by Crippen LogP contribution is -2.25. The molecule has 3 N–H and O–H groups in total. The van der Waals surface area contributed by atoms with E-state index in [0.717, 1.165) is 16.5 Å².